The second-order valence-corrected chi connectivity index (χ2v) is 6.86. The van der Waals surface area contributed by atoms with Crippen LogP contribution in [0.5, 0.6) is 0 Å². The van der Waals surface area contributed by atoms with Crippen LogP contribution in [0.3, 0.4) is 0 Å². The molecule has 0 aliphatic rings. The van der Waals surface area contributed by atoms with Crippen LogP contribution in [0.2, 0.25) is 0 Å². The van der Waals surface area contributed by atoms with Crippen LogP contribution in [-0.2, 0) is 0 Å². The average Bonchev–Trinajstić information content (AvgIpc) is 3.29. The molecule has 1 unspecified atom stereocenters. The number of carbonyl (C=O) groups is 1. The van der Waals surface area contributed by atoms with Crippen molar-refractivity contribution in [2.24, 2.45) is 0 Å². The lowest BCUT2D eigenvalue weighted by atomic mass is 10.1. The first-order valence-corrected chi connectivity index (χ1v) is 9.45. The molecule has 1 aromatic heterocycles. The van der Waals surface area contributed by atoms with Crippen molar-refractivity contribution in [3.05, 3.63) is 96.1 Å². The normalized spacial score (nSPS) is 11.8. The van der Waals surface area contributed by atoms with E-state index < -0.39 is 0 Å². The summed E-state index contributed by atoms with van der Waals surface area (Å²) in [5.41, 5.74) is 3.35. The van der Waals surface area contributed by atoms with E-state index in [-0.39, 0.29) is 11.9 Å². The average molecular weight is 383 g/mol. The van der Waals surface area contributed by atoms with E-state index in [4.69, 9.17) is 4.42 Å². The summed E-state index contributed by atoms with van der Waals surface area (Å²) in [5, 5.41) is 8.24. The summed E-state index contributed by atoms with van der Waals surface area (Å²) in [6.45, 7) is 2.02. The van der Waals surface area contributed by atoms with Gasteiger partial charge in [-0.25, -0.2) is 0 Å². The molecule has 3 aromatic carbocycles. The second kappa shape index (κ2) is 8.10. The highest BCUT2D eigenvalue weighted by Crippen LogP contribution is 2.25. The van der Waals surface area contributed by atoms with Crippen LogP contribution in [0.25, 0.3) is 22.9 Å². The Bertz CT molecular complexity index is 1090. The van der Waals surface area contributed by atoms with Crippen LogP contribution < -0.4 is 0 Å². The minimum Gasteiger partial charge on any atom is -0.416 e. The molecule has 1 atom stereocenters. The Morgan fingerprint density at radius 3 is 1.90 bits per heavy atom. The van der Waals surface area contributed by atoms with Crippen molar-refractivity contribution in [1.29, 1.82) is 0 Å². The van der Waals surface area contributed by atoms with E-state index in [1.54, 1.807) is 17.0 Å². The summed E-state index contributed by atoms with van der Waals surface area (Å²) >= 11 is 0. The van der Waals surface area contributed by atoms with E-state index in [1.807, 2.05) is 86.8 Å². The van der Waals surface area contributed by atoms with Crippen molar-refractivity contribution >= 4 is 5.91 Å². The first-order valence-electron chi connectivity index (χ1n) is 9.45. The Kier molecular flexibility index (Phi) is 5.20. The number of benzene rings is 3. The fourth-order valence-corrected chi connectivity index (χ4v) is 3.13. The van der Waals surface area contributed by atoms with Gasteiger partial charge in [0, 0.05) is 23.7 Å². The number of hydrogen-bond donors (Lipinski definition) is 0. The van der Waals surface area contributed by atoms with E-state index in [0.29, 0.717) is 17.3 Å². The lowest BCUT2D eigenvalue weighted by Gasteiger charge is -2.25. The van der Waals surface area contributed by atoms with Gasteiger partial charge in [0.05, 0.1) is 6.04 Å². The van der Waals surface area contributed by atoms with E-state index in [2.05, 4.69) is 10.2 Å². The number of nitrogens with zero attached hydrogens (tertiary/aromatic N) is 3. The van der Waals surface area contributed by atoms with Crippen molar-refractivity contribution in [3.8, 4) is 22.9 Å². The number of hydrogen-bond acceptors (Lipinski definition) is 4. The summed E-state index contributed by atoms with van der Waals surface area (Å²) < 4.78 is 5.78. The largest absolute Gasteiger partial charge is 0.416 e. The molecule has 0 radical (unpaired) electrons. The van der Waals surface area contributed by atoms with Crippen molar-refractivity contribution < 1.29 is 9.21 Å². The summed E-state index contributed by atoms with van der Waals surface area (Å²) in [6, 6.07) is 26.8. The SMILES string of the molecule is CC(c1ccccc1)N(C)C(=O)c1ccc(-c2nnc(-c3ccccc3)o2)cc1. The maximum Gasteiger partial charge on any atom is 0.254 e. The molecule has 0 aliphatic carbocycles. The van der Waals surface area contributed by atoms with Crippen LogP contribution in [0.4, 0.5) is 0 Å². The Balaban J connectivity index is 1.51. The first-order chi connectivity index (χ1) is 14.1. The molecule has 0 spiro atoms. The molecule has 0 fully saturated rings. The molecular formula is C24H21N3O2. The van der Waals surface area contributed by atoms with Crippen molar-refractivity contribution in [2.45, 2.75) is 13.0 Å². The third-order valence-electron chi connectivity index (χ3n) is 5.01. The van der Waals surface area contributed by atoms with E-state index in [9.17, 15) is 4.79 Å². The van der Waals surface area contributed by atoms with Crippen molar-refractivity contribution in [3.63, 3.8) is 0 Å². The summed E-state index contributed by atoms with van der Waals surface area (Å²) in [6.07, 6.45) is 0. The van der Waals surface area contributed by atoms with Gasteiger partial charge in [0.2, 0.25) is 11.8 Å². The van der Waals surface area contributed by atoms with Crippen LogP contribution in [0.1, 0.15) is 28.9 Å². The molecule has 29 heavy (non-hydrogen) atoms. The van der Waals surface area contributed by atoms with Gasteiger partial charge >= 0.3 is 0 Å². The van der Waals surface area contributed by atoms with Gasteiger partial charge in [0.25, 0.3) is 5.91 Å². The second-order valence-electron chi connectivity index (χ2n) is 6.86. The number of amides is 1. The highest BCUT2D eigenvalue weighted by atomic mass is 16.4. The van der Waals surface area contributed by atoms with Crippen LogP contribution in [0, 0.1) is 0 Å². The lowest BCUT2D eigenvalue weighted by molar-refractivity contribution is 0.0742. The third kappa shape index (κ3) is 3.94. The minimum absolute atomic E-state index is 0.0206. The minimum atomic E-state index is -0.0385. The van der Waals surface area contributed by atoms with Crippen molar-refractivity contribution in [2.75, 3.05) is 7.05 Å². The van der Waals surface area contributed by atoms with Gasteiger partial charge in [-0.05, 0) is 48.9 Å². The smallest absolute Gasteiger partial charge is 0.254 e. The molecular weight excluding hydrogens is 362 g/mol. The Labute approximate surface area is 169 Å². The predicted octanol–water partition coefficient (Wildman–Crippen LogP) is 5.24. The van der Waals surface area contributed by atoms with Crippen LogP contribution in [-0.4, -0.2) is 28.1 Å². The maximum atomic E-state index is 12.9. The Morgan fingerprint density at radius 1 is 0.793 bits per heavy atom. The van der Waals surface area contributed by atoms with Gasteiger partial charge in [0.15, 0.2) is 0 Å². The fraction of sp³-hybridized carbons (Fsp3) is 0.125. The number of carbonyl (C=O) groups excluding carboxylic acids is 1. The highest BCUT2D eigenvalue weighted by molar-refractivity contribution is 5.94. The monoisotopic (exact) mass is 383 g/mol. The maximum absolute atomic E-state index is 12.9. The molecule has 1 amide bonds. The summed E-state index contributed by atoms with van der Waals surface area (Å²) in [5.74, 6) is 0.856. The van der Waals surface area contributed by atoms with E-state index >= 15 is 0 Å². The Hall–Kier alpha value is -3.73. The highest BCUT2D eigenvalue weighted by Gasteiger charge is 2.19. The first kappa shape index (κ1) is 18.6. The topological polar surface area (TPSA) is 59.2 Å². The van der Waals surface area contributed by atoms with Crippen LogP contribution >= 0.6 is 0 Å². The fourth-order valence-electron chi connectivity index (χ4n) is 3.13. The zero-order chi connectivity index (χ0) is 20.2. The van der Waals surface area contributed by atoms with Gasteiger partial charge in [-0.2, -0.15) is 0 Å². The Morgan fingerprint density at radius 2 is 1.31 bits per heavy atom. The molecule has 1 heterocycles. The summed E-state index contributed by atoms with van der Waals surface area (Å²) in [7, 11) is 1.82. The quantitative estimate of drug-likeness (QED) is 0.473. The lowest BCUT2D eigenvalue weighted by Crippen LogP contribution is -2.29. The standard InChI is InChI=1S/C24H21N3O2/c1-17(18-9-5-3-6-10-18)27(2)24(28)21-15-13-20(14-16-21)23-26-25-22(29-23)19-11-7-4-8-12-19/h3-17H,1-2H3. The molecule has 0 aliphatic heterocycles. The zero-order valence-electron chi connectivity index (χ0n) is 16.3. The van der Waals surface area contributed by atoms with Gasteiger partial charge in [-0.3, -0.25) is 4.79 Å². The van der Waals surface area contributed by atoms with E-state index in [1.165, 1.54) is 0 Å². The molecule has 4 rings (SSSR count). The molecule has 5 heteroatoms. The molecule has 0 N–H and O–H groups in total. The van der Waals surface area contributed by atoms with Gasteiger partial charge in [-0.15, -0.1) is 10.2 Å². The molecule has 144 valence electrons. The van der Waals surface area contributed by atoms with E-state index in [0.717, 1.165) is 16.7 Å². The van der Waals surface area contributed by atoms with Gasteiger partial charge < -0.3 is 9.32 Å². The molecule has 0 saturated carbocycles. The van der Waals surface area contributed by atoms with Gasteiger partial charge in [0.1, 0.15) is 0 Å². The predicted molar refractivity (Wildman–Crippen MR) is 112 cm³/mol. The molecule has 0 bridgehead atoms. The number of aromatic nitrogens is 2. The summed E-state index contributed by atoms with van der Waals surface area (Å²) in [4.78, 5) is 14.6. The molecule has 0 saturated heterocycles. The van der Waals surface area contributed by atoms with Crippen LogP contribution in [0.15, 0.2) is 89.3 Å². The molecule has 4 aromatic rings. The zero-order valence-corrected chi connectivity index (χ0v) is 16.3. The number of rotatable bonds is 5. The van der Waals surface area contributed by atoms with Crippen molar-refractivity contribution in [1.82, 2.24) is 15.1 Å². The third-order valence-corrected chi connectivity index (χ3v) is 5.01. The van der Waals surface area contributed by atoms with Gasteiger partial charge in [-0.1, -0.05) is 48.5 Å². The molecule has 5 nitrogen and oxygen atoms in total.